The molecular weight excluding hydrogens is 151 g/mol. The van der Waals surface area contributed by atoms with Crippen LogP contribution in [0, 0.1) is 0 Å². The zero-order chi connectivity index (χ0) is 8.10. The van der Waals surface area contributed by atoms with Crippen LogP contribution in [0.1, 0.15) is 12.8 Å². The molecule has 64 valence electrons. The molecule has 1 heterocycles. The van der Waals surface area contributed by atoms with Crippen LogP contribution in [0.4, 0.5) is 9.32 Å². The minimum Gasteiger partial charge on any atom is -0.315 e. The average Bonchev–Trinajstić information content (AvgIpc) is 2.06. The smallest absolute Gasteiger partial charge is 0.315 e. The lowest BCUT2D eigenvalue weighted by Crippen LogP contribution is -2.45. The van der Waals surface area contributed by atoms with Gasteiger partial charge in [-0.3, -0.25) is 0 Å². The van der Waals surface area contributed by atoms with E-state index in [0.717, 1.165) is 19.4 Å². The molecule has 0 aromatic carbocycles. The molecular formula is C6H11FN2O2. The third kappa shape index (κ3) is 2.71. The number of amides is 1. The van der Waals surface area contributed by atoms with Crippen molar-refractivity contribution in [3.8, 4) is 0 Å². The van der Waals surface area contributed by atoms with Crippen LogP contribution in [-0.4, -0.2) is 25.2 Å². The van der Waals surface area contributed by atoms with Crippen molar-refractivity contribution in [2.24, 2.45) is 0 Å². The van der Waals surface area contributed by atoms with Crippen LogP contribution in [0.25, 0.3) is 0 Å². The minimum atomic E-state index is -1.00. The molecule has 5 heteroatoms. The fourth-order valence-corrected chi connectivity index (χ4v) is 1.16. The Balaban J connectivity index is 2.19. The van der Waals surface area contributed by atoms with Crippen LogP contribution in [-0.2, 0) is 4.94 Å². The highest BCUT2D eigenvalue weighted by Crippen LogP contribution is 2.00. The summed E-state index contributed by atoms with van der Waals surface area (Å²) in [4.78, 5) is 13.3. The number of piperidine rings is 1. The van der Waals surface area contributed by atoms with E-state index in [2.05, 4.69) is 15.6 Å². The molecule has 0 bridgehead atoms. The van der Waals surface area contributed by atoms with Gasteiger partial charge in [0.1, 0.15) is 0 Å². The van der Waals surface area contributed by atoms with Gasteiger partial charge in [0.25, 0.3) is 0 Å². The van der Waals surface area contributed by atoms with E-state index in [-0.39, 0.29) is 6.04 Å². The van der Waals surface area contributed by atoms with Gasteiger partial charge in [0.2, 0.25) is 0 Å². The molecule has 1 aliphatic rings. The van der Waals surface area contributed by atoms with Gasteiger partial charge in [0.15, 0.2) is 0 Å². The molecule has 1 aliphatic heterocycles. The number of halogens is 1. The number of nitrogens with one attached hydrogen (secondary N) is 2. The van der Waals surface area contributed by atoms with Crippen LogP contribution >= 0.6 is 0 Å². The van der Waals surface area contributed by atoms with E-state index in [1.807, 2.05) is 0 Å². The first kappa shape index (κ1) is 8.26. The second kappa shape index (κ2) is 4.12. The molecule has 0 aromatic rings. The SMILES string of the molecule is O=C(NC1CCCNC1)OF. The highest BCUT2D eigenvalue weighted by Gasteiger charge is 2.15. The molecule has 1 rings (SSSR count). The van der Waals surface area contributed by atoms with Gasteiger partial charge in [0.05, 0.1) is 0 Å². The Morgan fingerprint density at radius 2 is 2.55 bits per heavy atom. The molecule has 0 aromatic heterocycles. The second-order valence-corrected chi connectivity index (χ2v) is 2.55. The fourth-order valence-electron chi connectivity index (χ4n) is 1.16. The van der Waals surface area contributed by atoms with Crippen molar-refractivity contribution in [2.45, 2.75) is 18.9 Å². The van der Waals surface area contributed by atoms with Crippen molar-refractivity contribution in [3.05, 3.63) is 0 Å². The van der Waals surface area contributed by atoms with Gasteiger partial charge in [-0.2, -0.15) is 0 Å². The molecule has 1 amide bonds. The van der Waals surface area contributed by atoms with Crippen LogP contribution in [0.15, 0.2) is 0 Å². The first-order valence-corrected chi connectivity index (χ1v) is 3.62. The predicted molar refractivity (Wildman–Crippen MR) is 36.6 cm³/mol. The molecule has 2 N–H and O–H groups in total. The van der Waals surface area contributed by atoms with Gasteiger partial charge in [-0.05, 0) is 19.4 Å². The van der Waals surface area contributed by atoms with Gasteiger partial charge >= 0.3 is 6.09 Å². The van der Waals surface area contributed by atoms with Crippen molar-refractivity contribution in [2.75, 3.05) is 13.1 Å². The fraction of sp³-hybridized carbons (Fsp3) is 0.833. The van der Waals surface area contributed by atoms with Crippen molar-refractivity contribution in [1.29, 1.82) is 0 Å². The molecule has 0 spiro atoms. The Labute approximate surface area is 64.0 Å². The monoisotopic (exact) mass is 162 g/mol. The second-order valence-electron chi connectivity index (χ2n) is 2.55. The highest BCUT2D eigenvalue weighted by atomic mass is 19.3. The zero-order valence-electron chi connectivity index (χ0n) is 6.10. The molecule has 0 saturated carbocycles. The summed E-state index contributed by atoms with van der Waals surface area (Å²) < 4.78 is 11.2. The summed E-state index contributed by atoms with van der Waals surface area (Å²) in [6, 6.07) is 0.00648. The molecule has 1 fully saturated rings. The van der Waals surface area contributed by atoms with Crippen LogP contribution in [0.3, 0.4) is 0 Å². The standard InChI is InChI=1S/C6H11FN2O2/c7-11-6(10)9-5-2-1-3-8-4-5/h5,8H,1-4H2,(H,9,10). The molecule has 0 radical (unpaired) electrons. The van der Waals surface area contributed by atoms with Crippen LogP contribution < -0.4 is 10.6 Å². The van der Waals surface area contributed by atoms with E-state index in [0.29, 0.717) is 6.54 Å². The van der Waals surface area contributed by atoms with E-state index in [1.165, 1.54) is 0 Å². The average molecular weight is 162 g/mol. The van der Waals surface area contributed by atoms with E-state index >= 15 is 0 Å². The van der Waals surface area contributed by atoms with Crippen LogP contribution in [0.5, 0.6) is 0 Å². The van der Waals surface area contributed by atoms with Crippen LogP contribution in [0.2, 0.25) is 0 Å². The largest absolute Gasteiger partial charge is 0.445 e. The summed E-state index contributed by atoms with van der Waals surface area (Å²) in [6.07, 6.45) is 0.873. The van der Waals surface area contributed by atoms with Crippen molar-refractivity contribution in [3.63, 3.8) is 0 Å². The highest BCUT2D eigenvalue weighted by molar-refractivity contribution is 5.66. The maximum absolute atomic E-state index is 11.2. The molecule has 11 heavy (non-hydrogen) atoms. The molecule has 1 saturated heterocycles. The third-order valence-corrected chi connectivity index (χ3v) is 1.69. The Morgan fingerprint density at radius 3 is 3.09 bits per heavy atom. The van der Waals surface area contributed by atoms with Gasteiger partial charge in [-0.15, -0.1) is 0 Å². The normalized spacial score (nSPS) is 24.3. The predicted octanol–water partition coefficient (Wildman–Crippen LogP) is 0.349. The van der Waals surface area contributed by atoms with E-state index in [1.54, 1.807) is 0 Å². The zero-order valence-corrected chi connectivity index (χ0v) is 6.10. The number of hydrogen-bond acceptors (Lipinski definition) is 3. The summed E-state index contributed by atoms with van der Waals surface area (Å²) in [7, 11) is 0. The van der Waals surface area contributed by atoms with Gasteiger partial charge in [-0.1, -0.05) is 0 Å². The summed E-state index contributed by atoms with van der Waals surface area (Å²) >= 11 is 0. The summed E-state index contributed by atoms with van der Waals surface area (Å²) in [5.74, 6) is 0. The minimum absolute atomic E-state index is 0.00648. The lowest BCUT2D eigenvalue weighted by Gasteiger charge is -2.22. The Kier molecular flexibility index (Phi) is 3.10. The Morgan fingerprint density at radius 1 is 1.73 bits per heavy atom. The van der Waals surface area contributed by atoms with Crippen molar-refractivity contribution < 1.29 is 14.3 Å². The molecule has 0 aliphatic carbocycles. The molecule has 4 nitrogen and oxygen atoms in total. The van der Waals surface area contributed by atoms with E-state index in [4.69, 9.17) is 0 Å². The molecule has 1 unspecified atom stereocenters. The number of rotatable bonds is 1. The van der Waals surface area contributed by atoms with Crippen molar-refractivity contribution >= 4 is 6.09 Å². The lowest BCUT2D eigenvalue weighted by atomic mass is 10.1. The maximum Gasteiger partial charge on any atom is 0.445 e. The van der Waals surface area contributed by atoms with Gasteiger partial charge < -0.3 is 10.6 Å². The number of carbonyl (C=O) groups excluding carboxylic acids is 1. The first-order valence-electron chi connectivity index (χ1n) is 3.62. The quantitative estimate of drug-likeness (QED) is 0.585. The summed E-state index contributed by atoms with van der Waals surface area (Å²) in [5, 5.41) is 5.44. The van der Waals surface area contributed by atoms with Gasteiger partial charge in [0, 0.05) is 17.1 Å². The van der Waals surface area contributed by atoms with Gasteiger partial charge in [-0.25, -0.2) is 9.74 Å². The first-order chi connectivity index (χ1) is 5.33. The molecule has 1 atom stereocenters. The Hall–Kier alpha value is -0.840. The number of carbonyl (C=O) groups is 1. The summed E-state index contributed by atoms with van der Waals surface area (Å²) in [5.41, 5.74) is 0. The lowest BCUT2D eigenvalue weighted by molar-refractivity contribution is -0.0638. The maximum atomic E-state index is 11.2. The third-order valence-electron chi connectivity index (χ3n) is 1.69. The van der Waals surface area contributed by atoms with E-state index in [9.17, 15) is 9.32 Å². The van der Waals surface area contributed by atoms with E-state index < -0.39 is 6.09 Å². The Bertz CT molecular complexity index is 137. The topological polar surface area (TPSA) is 50.4 Å². The van der Waals surface area contributed by atoms with Crippen molar-refractivity contribution in [1.82, 2.24) is 10.6 Å². The number of hydrogen-bond donors (Lipinski definition) is 2. The summed E-state index contributed by atoms with van der Waals surface area (Å²) in [6.45, 7) is 1.65.